The Balaban J connectivity index is 4.25. The van der Waals surface area contributed by atoms with Gasteiger partial charge in [0.1, 0.15) is 13.2 Å². The van der Waals surface area contributed by atoms with Gasteiger partial charge in [-0.15, -0.1) is 0 Å². The van der Waals surface area contributed by atoms with Crippen molar-refractivity contribution in [2.45, 2.75) is 161 Å². The highest BCUT2D eigenvalue weighted by atomic mass is 16.6. The molecule has 0 fully saturated rings. The van der Waals surface area contributed by atoms with Crippen molar-refractivity contribution >= 4 is 17.9 Å². The predicted molar refractivity (Wildman–Crippen MR) is 156 cm³/mol. The Morgan fingerprint density at radius 1 is 0.615 bits per heavy atom. The van der Waals surface area contributed by atoms with E-state index >= 15 is 0 Å². The smallest absolute Gasteiger partial charge is 0.331 e. The maximum absolute atomic E-state index is 12.2. The topological polar surface area (TPSA) is 99.1 Å². The Morgan fingerprint density at radius 3 is 1.33 bits per heavy atom. The van der Waals surface area contributed by atoms with Crippen LogP contribution in [0.2, 0.25) is 0 Å². The molecule has 1 atom stereocenters. The van der Waals surface area contributed by atoms with Crippen LogP contribution in [0.15, 0.2) is 12.2 Å². The zero-order valence-corrected chi connectivity index (χ0v) is 25.3. The van der Waals surface area contributed by atoms with Gasteiger partial charge in [-0.3, -0.25) is 9.59 Å². The molecule has 0 amide bonds. The average molecular weight is 555 g/mol. The summed E-state index contributed by atoms with van der Waals surface area (Å²) in [6.45, 7) is 5.60. The summed E-state index contributed by atoms with van der Waals surface area (Å²) in [6, 6.07) is 0. The molecule has 0 radical (unpaired) electrons. The first-order valence-corrected chi connectivity index (χ1v) is 15.8. The Labute approximate surface area is 238 Å². The molecule has 1 N–H and O–H groups in total. The molecule has 0 aromatic heterocycles. The SMILES string of the molecule is CCCCCCCCCCCC(=O)OCC(COC(=O)CCCCCCCCCCC)OC(=O)/C=C/C(C)O. The summed E-state index contributed by atoms with van der Waals surface area (Å²) in [6.07, 6.45) is 22.3. The van der Waals surface area contributed by atoms with Crippen LogP contribution in [-0.2, 0) is 28.6 Å². The van der Waals surface area contributed by atoms with Crippen molar-refractivity contribution < 1.29 is 33.7 Å². The number of unbranched alkanes of at least 4 members (excludes halogenated alkanes) is 16. The molecule has 7 heteroatoms. The molecule has 0 rings (SSSR count). The van der Waals surface area contributed by atoms with Gasteiger partial charge in [-0.05, 0) is 25.8 Å². The number of aliphatic hydroxyl groups is 1. The largest absolute Gasteiger partial charge is 0.462 e. The van der Waals surface area contributed by atoms with Crippen molar-refractivity contribution in [3.05, 3.63) is 12.2 Å². The zero-order valence-electron chi connectivity index (χ0n) is 25.3. The summed E-state index contributed by atoms with van der Waals surface area (Å²) in [4.78, 5) is 36.4. The number of rotatable bonds is 27. The summed E-state index contributed by atoms with van der Waals surface area (Å²) < 4.78 is 15.9. The minimum absolute atomic E-state index is 0.171. The van der Waals surface area contributed by atoms with Crippen molar-refractivity contribution in [3.63, 3.8) is 0 Å². The summed E-state index contributed by atoms with van der Waals surface area (Å²) in [5, 5.41) is 9.32. The Bertz CT molecular complexity index is 592. The van der Waals surface area contributed by atoms with Gasteiger partial charge in [0.05, 0.1) is 6.10 Å². The van der Waals surface area contributed by atoms with E-state index in [1.54, 1.807) is 0 Å². The number of hydrogen-bond acceptors (Lipinski definition) is 7. The fourth-order valence-electron chi connectivity index (χ4n) is 4.21. The van der Waals surface area contributed by atoms with Gasteiger partial charge in [0.25, 0.3) is 0 Å². The van der Waals surface area contributed by atoms with E-state index in [1.807, 2.05) is 0 Å². The van der Waals surface area contributed by atoms with E-state index in [0.717, 1.165) is 44.6 Å². The predicted octanol–water partition coefficient (Wildman–Crippen LogP) is 7.76. The Hall–Kier alpha value is -1.89. The van der Waals surface area contributed by atoms with Crippen molar-refractivity contribution in [2.75, 3.05) is 13.2 Å². The molecule has 0 bridgehead atoms. The lowest BCUT2D eigenvalue weighted by Crippen LogP contribution is -2.30. The van der Waals surface area contributed by atoms with Crippen molar-refractivity contribution in [2.24, 2.45) is 0 Å². The summed E-state index contributed by atoms with van der Waals surface area (Å²) in [5.41, 5.74) is 0. The molecule has 39 heavy (non-hydrogen) atoms. The van der Waals surface area contributed by atoms with E-state index in [-0.39, 0.29) is 25.2 Å². The lowest BCUT2D eigenvalue weighted by atomic mass is 10.1. The highest BCUT2D eigenvalue weighted by Crippen LogP contribution is 2.12. The van der Waals surface area contributed by atoms with Crippen LogP contribution in [0.1, 0.15) is 149 Å². The van der Waals surface area contributed by atoms with Gasteiger partial charge in [0.2, 0.25) is 0 Å². The molecule has 0 aromatic rings. The normalized spacial score (nSPS) is 12.1. The third-order valence-corrected chi connectivity index (χ3v) is 6.62. The minimum atomic E-state index is -0.893. The molecule has 0 saturated heterocycles. The second kappa shape index (κ2) is 27.7. The lowest BCUT2D eigenvalue weighted by molar-refractivity contribution is -0.163. The van der Waals surface area contributed by atoms with Gasteiger partial charge in [-0.2, -0.15) is 0 Å². The highest BCUT2D eigenvalue weighted by molar-refractivity contribution is 5.82. The first-order valence-electron chi connectivity index (χ1n) is 15.8. The number of hydrogen-bond donors (Lipinski definition) is 1. The van der Waals surface area contributed by atoms with Crippen molar-refractivity contribution in [3.8, 4) is 0 Å². The van der Waals surface area contributed by atoms with Crippen LogP contribution in [0.25, 0.3) is 0 Å². The molecule has 0 spiro atoms. The summed E-state index contributed by atoms with van der Waals surface area (Å²) in [7, 11) is 0. The minimum Gasteiger partial charge on any atom is -0.462 e. The fraction of sp³-hybridized carbons (Fsp3) is 0.844. The molecule has 0 heterocycles. The van der Waals surface area contributed by atoms with E-state index in [2.05, 4.69) is 13.8 Å². The van der Waals surface area contributed by atoms with Crippen molar-refractivity contribution in [1.29, 1.82) is 0 Å². The van der Waals surface area contributed by atoms with Gasteiger partial charge in [-0.25, -0.2) is 4.79 Å². The maximum Gasteiger partial charge on any atom is 0.331 e. The van der Waals surface area contributed by atoms with E-state index in [1.165, 1.54) is 90.0 Å². The van der Waals surface area contributed by atoms with Gasteiger partial charge in [0.15, 0.2) is 6.10 Å². The van der Waals surface area contributed by atoms with Gasteiger partial charge >= 0.3 is 17.9 Å². The van der Waals surface area contributed by atoms with Crippen LogP contribution in [0, 0.1) is 0 Å². The quantitative estimate of drug-likeness (QED) is 0.0479. The van der Waals surface area contributed by atoms with Crippen LogP contribution in [0.5, 0.6) is 0 Å². The highest BCUT2D eigenvalue weighted by Gasteiger charge is 2.18. The lowest BCUT2D eigenvalue weighted by Gasteiger charge is -2.17. The van der Waals surface area contributed by atoms with Crippen LogP contribution < -0.4 is 0 Å². The molecule has 1 unspecified atom stereocenters. The molecule has 0 aliphatic rings. The standard InChI is InChI=1S/C32H58O7/c1-4-6-8-10-12-14-16-18-20-22-30(34)37-26-29(39-32(36)25-24-28(3)33)27-38-31(35)23-21-19-17-15-13-11-9-7-5-2/h24-25,28-29,33H,4-23,26-27H2,1-3H3/b25-24+. The third kappa shape index (κ3) is 27.5. The zero-order chi connectivity index (χ0) is 29.0. The fourth-order valence-corrected chi connectivity index (χ4v) is 4.21. The molecule has 228 valence electrons. The number of carbonyl (C=O) groups excluding carboxylic acids is 3. The third-order valence-electron chi connectivity index (χ3n) is 6.62. The number of carbonyl (C=O) groups is 3. The monoisotopic (exact) mass is 554 g/mol. The molecule has 0 aliphatic carbocycles. The molecule has 7 nitrogen and oxygen atoms in total. The first kappa shape index (κ1) is 37.1. The number of ether oxygens (including phenoxy) is 3. The maximum atomic E-state index is 12.2. The molecule has 0 aliphatic heterocycles. The van der Waals surface area contributed by atoms with Crippen LogP contribution in [0.3, 0.4) is 0 Å². The number of esters is 3. The van der Waals surface area contributed by atoms with Crippen molar-refractivity contribution in [1.82, 2.24) is 0 Å². The average Bonchev–Trinajstić information content (AvgIpc) is 2.91. The van der Waals surface area contributed by atoms with Gasteiger partial charge < -0.3 is 19.3 Å². The van der Waals surface area contributed by atoms with Gasteiger partial charge in [-0.1, -0.05) is 117 Å². The Kier molecular flexibility index (Phi) is 26.3. The van der Waals surface area contributed by atoms with E-state index in [0.29, 0.717) is 12.8 Å². The Morgan fingerprint density at radius 2 is 0.974 bits per heavy atom. The van der Waals surface area contributed by atoms with E-state index in [9.17, 15) is 19.5 Å². The van der Waals surface area contributed by atoms with E-state index in [4.69, 9.17) is 14.2 Å². The summed E-state index contributed by atoms with van der Waals surface area (Å²) >= 11 is 0. The summed E-state index contributed by atoms with van der Waals surface area (Å²) in [5.74, 6) is -1.38. The second-order valence-electron chi connectivity index (χ2n) is 10.7. The number of aliphatic hydroxyl groups excluding tert-OH is 1. The van der Waals surface area contributed by atoms with E-state index < -0.39 is 18.2 Å². The second-order valence-corrected chi connectivity index (χ2v) is 10.7. The molecular formula is C32H58O7. The van der Waals surface area contributed by atoms with Crippen LogP contribution in [-0.4, -0.2) is 48.4 Å². The van der Waals surface area contributed by atoms with Gasteiger partial charge in [0, 0.05) is 18.9 Å². The molecule has 0 aromatic carbocycles. The van der Waals surface area contributed by atoms with Crippen LogP contribution >= 0.6 is 0 Å². The van der Waals surface area contributed by atoms with Crippen LogP contribution in [0.4, 0.5) is 0 Å². The molecule has 0 saturated carbocycles. The first-order chi connectivity index (χ1) is 18.9. The molecular weight excluding hydrogens is 496 g/mol.